The highest BCUT2D eigenvalue weighted by molar-refractivity contribution is 7.00. The predicted molar refractivity (Wildman–Crippen MR) is 179 cm³/mol. The van der Waals surface area contributed by atoms with Crippen molar-refractivity contribution < 1.29 is 13.6 Å². The van der Waals surface area contributed by atoms with Crippen molar-refractivity contribution in [2.75, 3.05) is 0 Å². The van der Waals surface area contributed by atoms with Gasteiger partial charge in [-0.3, -0.25) is 4.79 Å². The minimum absolute atomic E-state index is 0.191. The van der Waals surface area contributed by atoms with Crippen molar-refractivity contribution in [1.82, 2.24) is 0 Å². The first-order valence-electron chi connectivity index (χ1n) is 15.1. The van der Waals surface area contributed by atoms with Gasteiger partial charge < -0.3 is 8.85 Å². The fraction of sp³-hybridized carbons (Fsp3) is 0.324. The molecule has 0 bridgehead atoms. The highest BCUT2D eigenvalue weighted by Gasteiger charge is 2.57. The molecule has 42 heavy (non-hydrogen) atoms. The van der Waals surface area contributed by atoms with Crippen LogP contribution in [0.2, 0.25) is 10.1 Å². The Hall–Kier alpha value is -3.10. The van der Waals surface area contributed by atoms with Crippen LogP contribution in [-0.4, -0.2) is 34.6 Å². The second kappa shape index (κ2) is 11.9. The van der Waals surface area contributed by atoms with E-state index in [0.29, 0.717) is 12.8 Å². The maximum Gasteiger partial charge on any atom is 0.261 e. The lowest BCUT2D eigenvalue weighted by Crippen LogP contribution is -2.70. The molecule has 1 aliphatic carbocycles. The van der Waals surface area contributed by atoms with Crippen molar-refractivity contribution in [3.05, 3.63) is 121 Å². The van der Waals surface area contributed by atoms with E-state index in [9.17, 15) is 4.79 Å². The molecule has 0 saturated heterocycles. The zero-order valence-electron chi connectivity index (χ0n) is 25.8. The largest absolute Gasteiger partial charge is 0.401 e. The van der Waals surface area contributed by atoms with Crippen molar-refractivity contribution in [3.8, 4) is 0 Å². The summed E-state index contributed by atoms with van der Waals surface area (Å²) in [5.74, 6) is 0.209. The lowest BCUT2D eigenvalue weighted by Gasteiger charge is -2.48. The van der Waals surface area contributed by atoms with Crippen molar-refractivity contribution >= 4 is 43.2 Å². The summed E-state index contributed by atoms with van der Waals surface area (Å²) in [6, 6.07) is 42.7. The van der Waals surface area contributed by atoms with Gasteiger partial charge in [-0.05, 0) is 30.8 Å². The lowest BCUT2D eigenvalue weighted by atomic mass is 10.2. The van der Waals surface area contributed by atoms with Crippen LogP contribution >= 0.6 is 0 Å². The molecule has 1 aliphatic rings. The molecule has 0 unspecified atom stereocenters. The van der Waals surface area contributed by atoms with Crippen LogP contribution in [0.4, 0.5) is 0 Å². The molecule has 0 aromatic heterocycles. The van der Waals surface area contributed by atoms with Gasteiger partial charge in [0.2, 0.25) is 0 Å². The first-order valence-corrected chi connectivity index (χ1v) is 18.9. The van der Waals surface area contributed by atoms with Gasteiger partial charge in [-0.15, -0.1) is 0 Å². The Balaban J connectivity index is 1.66. The Morgan fingerprint density at radius 3 is 0.929 bits per heavy atom. The molecule has 0 heterocycles. The lowest BCUT2D eigenvalue weighted by molar-refractivity contribution is -0.118. The van der Waals surface area contributed by atoms with Gasteiger partial charge in [0.1, 0.15) is 5.78 Å². The van der Waals surface area contributed by atoms with Gasteiger partial charge in [-0.2, -0.15) is 0 Å². The molecule has 1 fully saturated rings. The fourth-order valence-electron chi connectivity index (χ4n) is 6.87. The van der Waals surface area contributed by atoms with Crippen LogP contribution in [0.5, 0.6) is 0 Å². The van der Waals surface area contributed by atoms with Gasteiger partial charge in [0.05, 0.1) is 12.2 Å². The molecule has 2 atom stereocenters. The molecule has 3 nitrogen and oxygen atoms in total. The van der Waals surface area contributed by atoms with Gasteiger partial charge in [0.25, 0.3) is 16.6 Å². The van der Waals surface area contributed by atoms with E-state index in [1.165, 1.54) is 20.7 Å². The average molecular weight is 593 g/mol. The summed E-state index contributed by atoms with van der Waals surface area (Å²) in [5.41, 5.74) is 0. The Morgan fingerprint density at radius 1 is 0.476 bits per heavy atom. The third-order valence-electron chi connectivity index (χ3n) is 8.76. The molecule has 5 heteroatoms. The highest BCUT2D eigenvalue weighted by Crippen LogP contribution is 2.43. The molecule has 0 radical (unpaired) electrons. The second-order valence-electron chi connectivity index (χ2n) is 13.6. The third-order valence-corrected chi connectivity index (χ3v) is 18.9. The molecule has 0 spiro atoms. The number of carbonyl (C=O) groups is 1. The van der Waals surface area contributed by atoms with Crippen LogP contribution in [0.25, 0.3) is 0 Å². The summed E-state index contributed by atoms with van der Waals surface area (Å²) in [5, 5.41) is 4.48. The van der Waals surface area contributed by atoms with E-state index in [0.717, 1.165) is 0 Å². The maximum absolute atomic E-state index is 13.4. The molecule has 4 aromatic rings. The topological polar surface area (TPSA) is 35.5 Å². The number of carbonyl (C=O) groups excluding carboxylic acids is 1. The first-order chi connectivity index (χ1) is 20.0. The van der Waals surface area contributed by atoms with Gasteiger partial charge in [0, 0.05) is 12.8 Å². The number of Topliss-reactive ketones (excluding diaryl/α,β-unsaturated/α-hetero) is 1. The summed E-state index contributed by atoms with van der Waals surface area (Å²) in [6.07, 6.45) is 0.0525. The Morgan fingerprint density at radius 2 is 0.714 bits per heavy atom. The quantitative estimate of drug-likeness (QED) is 0.227. The van der Waals surface area contributed by atoms with E-state index in [2.05, 4.69) is 163 Å². The molecule has 0 amide bonds. The van der Waals surface area contributed by atoms with Gasteiger partial charge in [-0.1, -0.05) is 163 Å². The fourth-order valence-corrected chi connectivity index (χ4v) is 16.3. The molecule has 4 aromatic carbocycles. The van der Waals surface area contributed by atoms with Crippen molar-refractivity contribution in [3.63, 3.8) is 0 Å². The summed E-state index contributed by atoms with van der Waals surface area (Å²) >= 11 is 0. The van der Waals surface area contributed by atoms with Crippen molar-refractivity contribution in [1.29, 1.82) is 0 Å². The number of hydrogen-bond donors (Lipinski definition) is 0. The van der Waals surface area contributed by atoms with Crippen LogP contribution in [0, 0.1) is 0 Å². The first kappa shape index (κ1) is 30.4. The Labute approximate surface area is 254 Å². The maximum atomic E-state index is 13.4. The number of ketones is 1. The van der Waals surface area contributed by atoms with Crippen LogP contribution in [-0.2, 0) is 13.6 Å². The molecular weight excluding hydrogens is 549 g/mol. The van der Waals surface area contributed by atoms with Crippen LogP contribution in [0.15, 0.2) is 121 Å². The SMILES string of the molecule is CC(C)(C)[Si](O[C@@H]1CC(=O)C[C@H]1O[Si](c1ccccc1)(c1ccccc1)C(C)(C)C)(c1ccccc1)c1ccccc1. The molecule has 0 aliphatic heterocycles. The van der Waals surface area contributed by atoms with E-state index >= 15 is 0 Å². The van der Waals surface area contributed by atoms with Gasteiger partial charge in [-0.25, -0.2) is 0 Å². The molecule has 1 saturated carbocycles. The van der Waals surface area contributed by atoms with Gasteiger partial charge >= 0.3 is 0 Å². The van der Waals surface area contributed by atoms with Crippen molar-refractivity contribution in [2.24, 2.45) is 0 Å². The Kier molecular flexibility index (Phi) is 8.59. The number of benzene rings is 4. The molecule has 0 N–H and O–H groups in total. The summed E-state index contributed by atoms with van der Waals surface area (Å²) in [7, 11) is -5.76. The van der Waals surface area contributed by atoms with Crippen LogP contribution in [0.1, 0.15) is 54.4 Å². The van der Waals surface area contributed by atoms with E-state index in [1.807, 2.05) is 0 Å². The van der Waals surface area contributed by atoms with Crippen LogP contribution < -0.4 is 20.7 Å². The smallest absolute Gasteiger partial charge is 0.261 e. The normalized spacial score (nSPS) is 18.3. The zero-order chi connectivity index (χ0) is 30.0. The van der Waals surface area contributed by atoms with Gasteiger partial charge in [0.15, 0.2) is 0 Å². The predicted octanol–water partition coefficient (Wildman–Crippen LogP) is 6.24. The van der Waals surface area contributed by atoms with Crippen molar-refractivity contribution in [2.45, 2.75) is 76.7 Å². The zero-order valence-corrected chi connectivity index (χ0v) is 27.8. The van der Waals surface area contributed by atoms with E-state index in [-0.39, 0.29) is 28.1 Å². The van der Waals surface area contributed by atoms with Crippen LogP contribution in [0.3, 0.4) is 0 Å². The minimum Gasteiger partial charge on any atom is -0.401 e. The summed E-state index contributed by atoms with van der Waals surface area (Å²) < 4.78 is 15.1. The number of hydrogen-bond acceptors (Lipinski definition) is 3. The van der Waals surface area contributed by atoms with E-state index in [1.54, 1.807) is 0 Å². The monoisotopic (exact) mass is 592 g/mol. The Bertz CT molecular complexity index is 1270. The standard InChI is InChI=1S/C37H44O3Si2/c1-36(2,3)41(30-19-11-7-12-20-30,31-21-13-8-14-22-31)39-34-27-29(38)28-35(34)40-42(37(4,5)6,32-23-15-9-16-24-32)33-25-17-10-18-26-33/h7-26,34-35H,27-28H2,1-6H3/t34-,35-/m1/s1. The third kappa shape index (κ3) is 5.51. The summed E-state index contributed by atoms with van der Waals surface area (Å²) in [4.78, 5) is 13.4. The highest BCUT2D eigenvalue weighted by atomic mass is 28.4. The second-order valence-corrected chi connectivity index (χ2v) is 22.1. The average Bonchev–Trinajstić information content (AvgIpc) is 3.33. The van der Waals surface area contributed by atoms with E-state index in [4.69, 9.17) is 8.85 Å². The molecule has 5 rings (SSSR count). The number of rotatable bonds is 8. The summed E-state index contributed by atoms with van der Waals surface area (Å²) in [6.45, 7) is 13.7. The minimum atomic E-state index is -2.88. The molecule has 218 valence electrons. The van der Waals surface area contributed by atoms with E-state index < -0.39 is 16.6 Å². The molecular formula is C37H44O3Si2.